The zero-order valence-corrected chi connectivity index (χ0v) is 21.4. The van der Waals surface area contributed by atoms with Crippen molar-refractivity contribution in [2.45, 2.75) is 75.4 Å². The number of rotatable bonds is 9. The third-order valence-electron chi connectivity index (χ3n) is 6.98. The lowest BCUT2D eigenvalue weighted by atomic mass is 9.95. The molecular weight excluding hydrogens is 478 g/mol. The van der Waals surface area contributed by atoms with Crippen LogP contribution in [0, 0.1) is 0 Å². The van der Waals surface area contributed by atoms with Crippen LogP contribution in [-0.4, -0.2) is 54.0 Å². The molecule has 1 aliphatic heterocycles. The van der Waals surface area contributed by atoms with Crippen molar-refractivity contribution in [1.29, 1.82) is 0 Å². The second kappa shape index (κ2) is 11.2. The van der Waals surface area contributed by atoms with Gasteiger partial charge < -0.3 is 10.2 Å². The van der Waals surface area contributed by atoms with Gasteiger partial charge in [0.2, 0.25) is 11.8 Å². The Balaban J connectivity index is 1.42. The summed E-state index contributed by atoms with van der Waals surface area (Å²) in [6.07, 6.45) is 5.45. The average molecular weight is 512 g/mol. The Labute approximate surface area is 212 Å². The van der Waals surface area contributed by atoms with Crippen LogP contribution in [-0.2, 0) is 26.2 Å². The monoisotopic (exact) mass is 511 g/mol. The first-order chi connectivity index (χ1) is 17.3. The summed E-state index contributed by atoms with van der Waals surface area (Å²) in [6, 6.07) is 15.0. The van der Waals surface area contributed by atoms with Crippen LogP contribution in [0.3, 0.4) is 0 Å². The Hall–Kier alpha value is -3.20. The van der Waals surface area contributed by atoms with Gasteiger partial charge in [-0.2, -0.15) is 0 Å². The lowest BCUT2D eigenvalue weighted by Crippen LogP contribution is -2.50. The second-order valence-electron chi connectivity index (χ2n) is 9.51. The van der Waals surface area contributed by atoms with Gasteiger partial charge in [0.1, 0.15) is 10.9 Å². The molecule has 1 heterocycles. The Morgan fingerprint density at radius 2 is 1.69 bits per heavy atom. The average Bonchev–Trinajstić information content (AvgIpc) is 3.08. The molecule has 192 valence electrons. The van der Waals surface area contributed by atoms with Gasteiger partial charge in [-0.25, -0.2) is 12.7 Å². The maximum atomic E-state index is 13.3. The van der Waals surface area contributed by atoms with E-state index in [0.717, 1.165) is 35.6 Å². The molecule has 0 unspecified atom stereocenters. The first-order valence-corrected chi connectivity index (χ1v) is 14.0. The molecular formula is C27H33N3O5S. The maximum absolute atomic E-state index is 13.3. The smallest absolute Gasteiger partial charge is 0.269 e. The van der Waals surface area contributed by atoms with Crippen molar-refractivity contribution in [2.24, 2.45) is 0 Å². The summed E-state index contributed by atoms with van der Waals surface area (Å²) >= 11 is 0. The van der Waals surface area contributed by atoms with E-state index in [1.807, 2.05) is 30.3 Å². The minimum Gasteiger partial charge on any atom is -0.352 e. The molecule has 1 atom stereocenters. The van der Waals surface area contributed by atoms with Gasteiger partial charge in [0.15, 0.2) is 0 Å². The zero-order valence-electron chi connectivity index (χ0n) is 20.6. The fourth-order valence-corrected chi connectivity index (χ4v) is 6.51. The standard InChI is InChI=1S/C27H33N3O5S/c1-20(26(32)28-22-13-6-3-7-14-22)29(19-21-11-4-2-5-12-21)25(31)17-10-18-30-27(33)23-15-8-9-16-24(23)36(30,34)35/h2,4-5,8-9,11-12,15-16,20,22H,3,6-7,10,13-14,17-19H2,1H3,(H,28,32)/t20-/m0/s1. The molecule has 36 heavy (non-hydrogen) atoms. The molecule has 0 spiro atoms. The number of amides is 3. The van der Waals surface area contributed by atoms with E-state index in [1.54, 1.807) is 24.0 Å². The van der Waals surface area contributed by atoms with Gasteiger partial charge in [0, 0.05) is 25.6 Å². The number of carbonyl (C=O) groups is 3. The van der Waals surface area contributed by atoms with Crippen LogP contribution in [0.15, 0.2) is 59.5 Å². The molecule has 1 N–H and O–H groups in total. The highest BCUT2D eigenvalue weighted by molar-refractivity contribution is 7.90. The molecule has 2 aromatic carbocycles. The van der Waals surface area contributed by atoms with Crippen LogP contribution in [0.4, 0.5) is 0 Å². The van der Waals surface area contributed by atoms with Crippen LogP contribution in [0.1, 0.15) is 67.8 Å². The quantitative estimate of drug-likeness (QED) is 0.555. The maximum Gasteiger partial charge on any atom is 0.269 e. The highest BCUT2D eigenvalue weighted by Crippen LogP contribution is 2.30. The number of hydrogen-bond donors (Lipinski definition) is 1. The minimum absolute atomic E-state index is 0.0000339. The summed E-state index contributed by atoms with van der Waals surface area (Å²) in [5, 5.41) is 3.10. The van der Waals surface area contributed by atoms with Crippen molar-refractivity contribution >= 4 is 27.7 Å². The lowest BCUT2D eigenvalue weighted by Gasteiger charge is -2.31. The molecule has 8 nitrogen and oxygen atoms in total. The number of hydrogen-bond acceptors (Lipinski definition) is 5. The number of fused-ring (bicyclic) bond motifs is 1. The van der Waals surface area contributed by atoms with E-state index in [9.17, 15) is 22.8 Å². The van der Waals surface area contributed by atoms with E-state index in [1.165, 1.54) is 18.6 Å². The van der Waals surface area contributed by atoms with E-state index in [0.29, 0.717) is 0 Å². The fourth-order valence-electron chi connectivity index (χ4n) is 4.90. The van der Waals surface area contributed by atoms with Crippen LogP contribution < -0.4 is 5.32 Å². The molecule has 1 aliphatic carbocycles. The van der Waals surface area contributed by atoms with Crippen molar-refractivity contribution in [3.63, 3.8) is 0 Å². The first-order valence-electron chi connectivity index (χ1n) is 12.6. The number of benzene rings is 2. The largest absolute Gasteiger partial charge is 0.352 e. The van der Waals surface area contributed by atoms with Gasteiger partial charge in [0.25, 0.3) is 15.9 Å². The topological polar surface area (TPSA) is 104 Å². The normalized spacial score (nSPS) is 17.9. The summed E-state index contributed by atoms with van der Waals surface area (Å²) in [7, 11) is -3.91. The molecule has 0 bridgehead atoms. The van der Waals surface area contributed by atoms with Gasteiger partial charge in [-0.1, -0.05) is 61.7 Å². The molecule has 3 amide bonds. The van der Waals surface area contributed by atoms with E-state index in [2.05, 4.69) is 5.32 Å². The molecule has 2 aliphatic rings. The third kappa shape index (κ3) is 5.61. The number of sulfonamides is 1. The van der Waals surface area contributed by atoms with E-state index in [4.69, 9.17) is 0 Å². The Morgan fingerprint density at radius 1 is 1.03 bits per heavy atom. The second-order valence-corrected chi connectivity index (χ2v) is 11.3. The van der Waals surface area contributed by atoms with Crippen LogP contribution in [0.5, 0.6) is 0 Å². The molecule has 1 saturated carbocycles. The predicted octanol–water partition coefficient (Wildman–Crippen LogP) is 3.48. The van der Waals surface area contributed by atoms with Crippen LogP contribution in [0.25, 0.3) is 0 Å². The zero-order chi connectivity index (χ0) is 25.7. The first kappa shape index (κ1) is 25.9. The SMILES string of the molecule is C[C@@H](C(=O)NC1CCCCC1)N(Cc1ccccc1)C(=O)CCCN1C(=O)c2ccccc2S1(=O)=O. The van der Waals surface area contributed by atoms with Crippen LogP contribution >= 0.6 is 0 Å². The molecule has 0 aromatic heterocycles. The van der Waals surface area contributed by atoms with Gasteiger partial charge in [-0.15, -0.1) is 0 Å². The van der Waals surface area contributed by atoms with E-state index in [-0.39, 0.29) is 54.2 Å². The van der Waals surface area contributed by atoms with Crippen LogP contribution in [0.2, 0.25) is 0 Å². The molecule has 0 saturated heterocycles. The molecule has 1 fully saturated rings. The minimum atomic E-state index is -3.91. The highest BCUT2D eigenvalue weighted by Gasteiger charge is 2.40. The summed E-state index contributed by atoms with van der Waals surface area (Å²) in [4.78, 5) is 40.6. The predicted molar refractivity (Wildman–Crippen MR) is 135 cm³/mol. The van der Waals surface area contributed by atoms with E-state index >= 15 is 0 Å². The summed E-state index contributed by atoms with van der Waals surface area (Å²) < 4.78 is 26.4. The van der Waals surface area contributed by atoms with Gasteiger partial charge >= 0.3 is 0 Å². The molecule has 4 rings (SSSR count). The Bertz CT molecular complexity index is 1210. The lowest BCUT2D eigenvalue weighted by molar-refractivity contribution is -0.141. The van der Waals surface area contributed by atoms with Crippen molar-refractivity contribution in [3.8, 4) is 0 Å². The fraction of sp³-hybridized carbons (Fsp3) is 0.444. The number of carbonyl (C=O) groups excluding carboxylic acids is 3. The summed E-state index contributed by atoms with van der Waals surface area (Å²) in [5.41, 5.74) is 1.05. The van der Waals surface area contributed by atoms with Gasteiger partial charge in [-0.3, -0.25) is 14.4 Å². The molecule has 9 heteroatoms. The number of nitrogens with one attached hydrogen (secondary N) is 1. The molecule has 0 radical (unpaired) electrons. The Morgan fingerprint density at radius 3 is 2.39 bits per heavy atom. The number of nitrogens with zero attached hydrogens (tertiary/aromatic N) is 2. The molecule has 2 aromatic rings. The van der Waals surface area contributed by atoms with Crippen molar-refractivity contribution in [1.82, 2.24) is 14.5 Å². The summed E-state index contributed by atoms with van der Waals surface area (Å²) in [5.74, 6) is -1.01. The highest BCUT2D eigenvalue weighted by atomic mass is 32.2. The van der Waals surface area contributed by atoms with Crippen molar-refractivity contribution < 1.29 is 22.8 Å². The van der Waals surface area contributed by atoms with Gasteiger partial charge in [0.05, 0.1) is 5.56 Å². The van der Waals surface area contributed by atoms with Crippen molar-refractivity contribution in [3.05, 3.63) is 65.7 Å². The third-order valence-corrected chi connectivity index (χ3v) is 8.82. The summed E-state index contributed by atoms with van der Waals surface area (Å²) in [6.45, 7) is 1.90. The van der Waals surface area contributed by atoms with Gasteiger partial charge in [-0.05, 0) is 43.9 Å². The van der Waals surface area contributed by atoms with Crippen molar-refractivity contribution in [2.75, 3.05) is 6.54 Å². The Kier molecular flexibility index (Phi) is 8.08. The van der Waals surface area contributed by atoms with E-state index < -0.39 is 22.0 Å².